The second-order valence-electron chi connectivity index (χ2n) is 6.35. The van der Waals surface area contributed by atoms with Crippen molar-refractivity contribution < 1.29 is 14.3 Å². The molecule has 1 atom stereocenters. The Labute approximate surface area is 174 Å². The number of amides is 1. The number of rotatable bonds is 5. The molecular formula is C18H20IN3O4S. The first-order valence-corrected chi connectivity index (χ1v) is 10.6. The summed E-state index contributed by atoms with van der Waals surface area (Å²) in [6, 6.07) is 5.43. The Bertz CT molecular complexity index is 940. The van der Waals surface area contributed by atoms with E-state index in [9.17, 15) is 14.4 Å². The van der Waals surface area contributed by atoms with Gasteiger partial charge in [0.25, 0.3) is 5.56 Å². The van der Waals surface area contributed by atoms with Gasteiger partial charge in [-0.05, 0) is 54.6 Å². The lowest BCUT2D eigenvalue weighted by Gasteiger charge is -2.29. The van der Waals surface area contributed by atoms with Crippen molar-refractivity contribution in [3.05, 3.63) is 32.1 Å². The largest absolute Gasteiger partial charge is 0.378 e. The van der Waals surface area contributed by atoms with E-state index in [1.807, 2.05) is 6.07 Å². The molecule has 27 heavy (non-hydrogen) atoms. The van der Waals surface area contributed by atoms with Crippen LogP contribution in [0, 0.1) is 3.57 Å². The lowest BCUT2D eigenvalue weighted by molar-refractivity contribution is -0.134. The molecule has 1 amide bonds. The summed E-state index contributed by atoms with van der Waals surface area (Å²) < 4.78 is 7.58. The van der Waals surface area contributed by atoms with Crippen LogP contribution < -0.4 is 5.56 Å². The number of nitrogens with zero attached hydrogens (tertiary/aromatic N) is 3. The second-order valence-corrected chi connectivity index (χ2v) is 8.90. The summed E-state index contributed by atoms with van der Waals surface area (Å²) >= 11 is 3.35. The average Bonchev–Trinajstić information content (AvgIpc) is 2.65. The fourth-order valence-electron chi connectivity index (χ4n) is 2.87. The molecule has 1 aromatic heterocycles. The molecule has 0 spiro atoms. The summed E-state index contributed by atoms with van der Waals surface area (Å²) in [6.45, 7) is 5.36. The molecule has 7 nitrogen and oxygen atoms in total. The Hall–Kier alpha value is -1.46. The van der Waals surface area contributed by atoms with Crippen LogP contribution in [0.2, 0.25) is 0 Å². The number of aromatic nitrogens is 2. The van der Waals surface area contributed by atoms with E-state index >= 15 is 0 Å². The van der Waals surface area contributed by atoms with Gasteiger partial charge in [-0.25, -0.2) is 4.98 Å². The van der Waals surface area contributed by atoms with Gasteiger partial charge < -0.3 is 9.64 Å². The van der Waals surface area contributed by atoms with E-state index in [-0.39, 0.29) is 23.8 Å². The van der Waals surface area contributed by atoms with Crippen molar-refractivity contribution in [2.75, 3.05) is 26.3 Å². The van der Waals surface area contributed by atoms with Gasteiger partial charge in [0.05, 0.1) is 35.9 Å². The Balaban J connectivity index is 1.96. The van der Waals surface area contributed by atoms with Crippen molar-refractivity contribution in [2.45, 2.75) is 30.8 Å². The van der Waals surface area contributed by atoms with Gasteiger partial charge >= 0.3 is 0 Å². The van der Waals surface area contributed by atoms with Crippen LogP contribution in [0.1, 0.15) is 13.8 Å². The summed E-state index contributed by atoms with van der Waals surface area (Å²) in [6.07, 6.45) is 0. The molecule has 2 aromatic rings. The third kappa shape index (κ3) is 4.69. The molecule has 2 heterocycles. The third-order valence-electron chi connectivity index (χ3n) is 4.21. The van der Waals surface area contributed by atoms with Gasteiger partial charge in [-0.1, -0.05) is 11.8 Å². The number of Topliss-reactive ketones (excluding diaryl/α,β-unsaturated/α-hetero) is 1. The topological polar surface area (TPSA) is 81.5 Å². The molecule has 3 rings (SSSR count). The third-order valence-corrected chi connectivity index (χ3v) is 5.96. The summed E-state index contributed by atoms with van der Waals surface area (Å²) in [5.74, 6) is -0.160. The van der Waals surface area contributed by atoms with Crippen LogP contribution in [0.25, 0.3) is 10.9 Å². The molecule has 0 unspecified atom stereocenters. The van der Waals surface area contributed by atoms with Gasteiger partial charge in [-0.15, -0.1) is 0 Å². The first kappa shape index (κ1) is 20.3. The first-order chi connectivity index (χ1) is 12.9. The quantitative estimate of drug-likeness (QED) is 0.354. The van der Waals surface area contributed by atoms with Crippen LogP contribution in [0.15, 0.2) is 28.2 Å². The number of hydrogen-bond acceptors (Lipinski definition) is 6. The predicted molar refractivity (Wildman–Crippen MR) is 112 cm³/mol. The molecule has 0 aliphatic carbocycles. The van der Waals surface area contributed by atoms with E-state index in [2.05, 4.69) is 27.6 Å². The van der Waals surface area contributed by atoms with E-state index in [0.717, 1.165) is 3.57 Å². The number of carbonyl (C=O) groups is 2. The fraction of sp³-hybridized carbons (Fsp3) is 0.444. The highest BCUT2D eigenvalue weighted by atomic mass is 127. The molecule has 1 saturated heterocycles. The maximum Gasteiger partial charge on any atom is 0.262 e. The minimum Gasteiger partial charge on any atom is -0.378 e. The van der Waals surface area contributed by atoms with Crippen molar-refractivity contribution in [1.82, 2.24) is 14.5 Å². The number of morpholine rings is 1. The lowest BCUT2D eigenvalue weighted by Crippen LogP contribution is -2.44. The highest BCUT2D eigenvalue weighted by molar-refractivity contribution is 14.1. The molecule has 1 aliphatic rings. The smallest absolute Gasteiger partial charge is 0.262 e. The van der Waals surface area contributed by atoms with E-state index in [0.29, 0.717) is 42.4 Å². The number of benzene rings is 1. The number of hydrogen-bond donors (Lipinski definition) is 0. The van der Waals surface area contributed by atoms with E-state index < -0.39 is 5.25 Å². The molecule has 0 saturated carbocycles. The van der Waals surface area contributed by atoms with Crippen molar-refractivity contribution >= 4 is 56.9 Å². The van der Waals surface area contributed by atoms with Crippen molar-refractivity contribution in [3.63, 3.8) is 0 Å². The maximum atomic E-state index is 12.9. The van der Waals surface area contributed by atoms with Gasteiger partial charge in [0.15, 0.2) is 5.16 Å². The van der Waals surface area contributed by atoms with Gasteiger partial charge in [-0.3, -0.25) is 19.0 Å². The highest BCUT2D eigenvalue weighted by Crippen LogP contribution is 2.25. The number of fused-ring (bicyclic) bond motifs is 1. The van der Waals surface area contributed by atoms with Gasteiger partial charge in [0.1, 0.15) is 5.78 Å². The first-order valence-electron chi connectivity index (χ1n) is 8.59. The molecule has 1 fully saturated rings. The second kappa shape index (κ2) is 8.70. The Morgan fingerprint density at radius 2 is 2.04 bits per heavy atom. The normalized spacial score (nSPS) is 15.7. The zero-order valence-electron chi connectivity index (χ0n) is 15.1. The average molecular weight is 501 g/mol. The van der Waals surface area contributed by atoms with Crippen molar-refractivity contribution in [1.29, 1.82) is 0 Å². The monoisotopic (exact) mass is 501 g/mol. The van der Waals surface area contributed by atoms with Gasteiger partial charge in [0, 0.05) is 16.7 Å². The van der Waals surface area contributed by atoms with Crippen LogP contribution in [-0.2, 0) is 20.9 Å². The molecule has 1 aromatic carbocycles. The molecule has 0 bridgehead atoms. The maximum absolute atomic E-state index is 12.9. The molecule has 0 radical (unpaired) electrons. The predicted octanol–water partition coefficient (Wildman–Crippen LogP) is 1.93. The number of thioether (sulfide) groups is 1. The molecular weight excluding hydrogens is 481 g/mol. The molecule has 0 N–H and O–H groups in total. The minimum absolute atomic E-state index is 0.0189. The summed E-state index contributed by atoms with van der Waals surface area (Å²) in [7, 11) is 0. The van der Waals surface area contributed by atoms with Crippen LogP contribution in [0.4, 0.5) is 0 Å². The minimum atomic E-state index is -0.422. The van der Waals surface area contributed by atoms with Gasteiger partial charge in [-0.2, -0.15) is 0 Å². The number of ether oxygens (including phenoxy) is 1. The van der Waals surface area contributed by atoms with Crippen LogP contribution in [-0.4, -0.2) is 57.7 Å². The van der Waals surface area contributed by atoms with E-state index in [1.165, 1.54) is 23.3 Å². The zero-order valence-corrected chi connectivity index (χ0v) is 18.1. The SMILES string of the molecule is CC(=O)Cn1c(S[C@@H](C)C(=O)N2CCOCC2)nc2ccc(I)cc2c1=O. The van der Waals surface area contributed by atoms with Crippen molar-refractivity contribution in [3.8, 4) is 0 Å². The molecule has 9 heteroatoms. The van der Waals surface area contributed by atoms with Crippen LogP contribution >= 0.6 is 34.4 Å². The lowest BCUT2D eigenvalue weighted by atomic mass is 10.2. The van der Waals surface area contributed by atoms with Crippen molar-refractivity contribution in [2.24, 2.45) is 0 Å². The number of carbonyl (C=O) groups excluding carboxylic acids is 2. The highest BCUT2D eigenvalue weighted by Gasteiger charge is 2.25. The van der Waals surface area contributed by atoms with E-state index in [4.69, 9.17) is 4.74 Å². The fourth-order valence-corrected chi connectivity index (χ4v) is 4.36. The number of ketones is 1. The standard InChI is InChI=1S/C18H20IN3O4S/c1-11(23)10-22-17(25)14-9-13(19)3-4-15(14)20-18(22)27-12(2)16(24)21-5-7-26-8-6-21/h3-4,9,12H,5-8,10H2,1-2H3/t12-/m0/s1. The number of halogens is 1. The zero-order chi connectivity index (χ0) is 19.6. The summed E-state index contributed by atoms with van der Waals surface area (Å²) in [5, 5.41) is 0.437. The molecule has 144 valence electrons. The Morgan fingerprint density at radius 3 is 2.70 bits per heavy atom. The summed E-state index contributed by atoms with van der Waals surface area (Å²) in [5.41, 5.74) is 0.302. The van der Waals surface area contributed by atoms with Crippen LogP contribution in [0.3, 0.4) is 0 Å². The van der Waals surface area contributed by atoms with Gasteiger partial charge in [0.2, 0.25) is 5.91 Å². The van der Waals surface area contributed by atoms with E-state index in [1.54, 1.807) is 24.0 Å². The van der Waals surface area contributed by atoms with Crippen LogP contribution in [0.5, 0.6) is 0 Å². The molecule has 1 aliphatic heterocycles. The Morgan fingerprint density at radius 1 is 1.33 bits per heavy atom. The Kier molecular flexibility index (Phi) is 6.53. The summed E-state index contributed by atoms with van der Waals surface area (Å²) in [4.78, 5) is 43.7.